The van der Waals surface area contributed by atoms with Crippen molar-refractivity contribution in [2.24, 2.45) is 0 Å². The van der Waals surface area contributed by atoms with E-state index >= 15 is 0 Å². The highest BCUT2D eigenvalue weighted by molar-refractivity contribution is 5.48. The number of para-hydroxylation sites is 1. The van der Waals surface area contributed by atoms with Gasteiger partial charge in [0.2, 0.25) is 0 Å². The summed E-state index contributed by atoms with van der Waals surface area (Å²) in [6.45, 7) is 2.58. The van der Waals surface area contributed by atoms with Crippen LogP contribution in [0.5, 0.6) is 0 Å². The third kappa shape index (κ3) is 1.93. The van der Waals surface area contributed by atoms with E-state index in [9.17, 15) is 0 Å². The molecule has 2 heteroatoms. The molecule has 1 aromatic rings. The molecule has 0 aromatic heterocycles. The Morgan fingerprint density at radius 1 is 0.944 bits per heavy atom. The van der Waals surface area contributed by atoms with E-state index in [1.807, 2.05) is 0 Å². The molecule has 0 amide bonds. The van der Waals surface area contributed by atoms with Crippen LogP contribution in [0.15, 0.2) is 30.3 Å². The summed E-state index contributed by atoms with van der Waals surface area (Å²) in [5.41, 5.74) is 1.67. The van der Waals surface area contributed by atoms with Crippen LogP contribution >= 0.6 is 0 Å². The van der Waals surface area contributed by atoms with Gasteiger partial charge in [-0.1, -0.05) is 18.2 Å². The first-order valence-corrected chi connectivity index (χ1v) is 7.37. The quantitative estimate of drug-likeness (QED) is 0.803. The van der Waals surface area contributed by atoms with Gasteiger partial charge in [0.1, 0.15) is 0 Å². The van der Waals surface area contributed by atoms with Crippen LogP contribution < -0.4 is 4.90 Å². The zero-order valence-corrected chi connectivity index (χ0v) is 11.4. The highest BCUT2D eigenvalue weighted by atomic mass is 15.4. The Labute approximate surface area is 111 Å². The first kappa shape index (κ1) is 12.0. The summed E-state index contributed by atoms with van der Waals surface area (Å²) in [5.74, 6) is 0. The van der Waals surface area contributed by atoms with Crippen LogP contribution in [0.1, 0.15) is 38.5 Å². The summed E-state index contributed by atoms with van der Waals surface area (Å²) in [5, 5.41) is 0. The number of hydrogen-bond acceptors (Lipinski definition) is 2. The first-order chi connectivity index (χ1) is 8.83. The lowest BCUT2D eigenvalue weighted by Crippen LogP contribution is -2.57. The Kier molecular flexibility index (Phi) is 3.29. The molecule has 0 atom stereocenters. The third-order valence-electron chi connectivity index (χ3n) is 4.87. The monoisotopic (exact) mass is 244 g/mol. The second-order valence-corrected chi connectivity index (χ2v) is 5.78. The van der Waals surface area contributed by atoms with Crippen LogP contribution in [0.2, 0.25) is 0 Å². The number of likely N-dealkylation sites (tertiary alicyclic amines) is 1. The van der Waals surface area contributed by atoms with Gasteiger partial charge >= 0.3 is 0 Å². The zero-order valence-electron chi connectivity index (χ0n) is 11.4. The lowest BCUT2D eigenvalue weighted by Gasteiger charge is -2.47. The van der Waals surface area contributed by atoms with E-state index in [-0.39, 0.29) is 0 Å². The highest BCUT2D eigenvalue weighted by Gasteiger charge is 2.43. The Bertz CT molecular complexity index is 375. The molecular weight excluding hydrogens is 220 g/mol. The maximum absolute atomic E-state index is 2.74. The summed E-state index contributed by atoms with van der Waals surface area (Å²) in [4.78, 5) is 5.29. The minimum atomic E-state index is 0.303. The number of anilines is 1. The molecule has 1 saturated carbocycles. The van der Waals surface area contributed by atoms with Crippen LogP contribution in [0.3, 0.4) is 0 Å². The third-order valence-corrected chi connectivity index (χ3v) is 4.87. The van der Waals surface area contributed by atoms with Crippen molar-refractivity contribution in [3.8, 4) is 0 Å². The molecule has 0 bridgehead atoms. The van der Waals surface area contributed by atoms with Crippen molar-refractivity contribution >= 4 is 5.69 Å². The van der Waals surface area contributed by atoms with Crippen molar-refractivity contribution < 1.29 is 0 Å². The molecule has 3 rings (SSSR count). The smallest absolute Gasteiger partial charge is 0.0930 e. The molecule has 0 radical (unpaired) electrons. The van der Waals surface area contributed by atoms with Crippen LogP contribution in [-0.2, 0) is 0 Å². The molecule has 2 aliphatic rings. The summed E-state index contributed by atoms with van der Waals surface area (Å²) in [6, 6.07) is 10.9. The minimum absolute atomic E-state index is 0.303. The Morgan fingerprint density at radius 3 is 2.17 bits per heavy atom. The summed E-state index contributed by atoms with van der Waals surface area (Å²) in [6.07, 6.45) is 8.19. The van der Waals surface area contributed by atoms with Crippen molar-refractivity contribution in [3.05, 3.63) is 30.3 Å². The predicted molar refractivity (Wildman–Crippen MR) is 76.9 cm³/mol. The molecule has 1 saturated heterocycles. The Hall–Kier alpha value is -1.02. The summed E-state index contributed by atoms with van der Waals surface area (Å²) < 4.78 is 0. The molecule has 1 aromatic carbocycles. The van der Waals surface area contributed by atoms with E-state index in [0.717, 1.165) is 0 Å². The Morgan fingerprint density at radius 2 is 1.56 bits per heavy atom. The van der Waals surface area contributed by atoms with Gasteiger partial charge in [-0.25, -0.2) is 0 Å². The van der Waals surface area contributed by atoms with E-state index in [4.69, 9.17) is 0 Å². The van der Waals surface area contributed by atoms with E-state index in [0.29, 0.717) is 5.66 Å². The molecule has 0 spiro atoms. The molecular formula is C16H24N2. The molecule has 0 N–H and O–H groups in total. The molecule has 1 heterocycles. The summed E-state index contributed by atoms with van der Waals surface area (Å²) >= 11 is 0. The predicted octanol–water partition coefficient (Wildman–Crippen LogP) is 3.49. The molecule has 2 fully saturated rings. The van der Waals surface area contributed by atoms with Crippen LogP contribution in [-0.4, -0.2) is 30.7 Å². The number of rotatable bonds is 3. The van der Waals surface area contributed by atoms with Gasteiger partial charge in [0.05, 0.1) is 5.66 Å². The van der Waals surface area contributed by atoms with Crippen LogP contribution in [0, 0.1) is 0 Å². The van der Waals surface area contributed by atoms with Crippen LogP contribution in [0.4, 0.5) is 5.69 Å². The number of hydrogen-bond donors (Lipinski definition) is 0. The number of benzene rings is 1. The van der Waals surface area contributed by atoms with E-state index < -0.39 is 0 Å². The largest absolute Gasteiger partial charge is 0.356 e. The molecule has 18 heavy (non-hydrogen) atoms. The lowest BCUT2D eigenvalue weighted by atomic mass is 10.0. The molecule has 2 nitrogen and oxygen atoms in total. The van der Waals surface area contributed by atoms with Crippen LogP contribution in [0.25, 0.3) is 0 Å². The van der Waals surface area contributed by atoms with Gasteiger partial charge in [-0.3, -0.25) is 4.90 Å². The maximum atomic E-state index is 2.74. The zero-order chi connectivity index (χ0) is 12.4. The molecule has 0 unspecified atom stereocenters. The van der Waals surface area contributed by atoms with Crippen molar-refractivity contribution in [2.45, 2.75) is 44.2 Å². The average Bonchev–Trinajstić information content (AvgIpc) is 3.10. The van der Waals surface area contributed by atoms with Gasteiger partial charge in [0.15, 0.2) is 0 Å². The van der Waals surface area contributed by atoms with Crippen molar-refractivity contribution in [1.82, 2.24) is 4.90 Å². The fraction of sp³-hybridized carbons (Fsp3) is 0.625. The van der Waals surface area contributed by atoms with Crippen molar-refractivity contribution in [1.29, 1.82) is 0 Å². The van der Waals surface area contributed by atoms with Gasteiger partial charge in [0.25, 0.3) is 0 Å². The van der Waals surface area contributed by atoms with E-state index in [1.165, 1.54) is 57.3 Å². The van der Waals surface area contributed by atoms with Gasteiger partial charge < -0.3 is 4.90 Å². The molecule has 1 aliphatic carbocycles. The lowest BCUT2D eigenvalue weighted by molar-refractivity contribution is 0.122. The van der Waals surface area contributed by atoms with Gasteiger partial charge in [-0.2, -0.15) is 0 Å². The molecule has 98 valence electrons. The van der Waals surface area contributed by atoms with Gasteiger partial charge in [-0.05, 0) is 50.7 Å². The Balaban J connectivity index is 1.89. The maximum Gasteiger partial charge on any atom is 0.0930 e. The van der Waals surface area contributed by atoms with Crippen molar-refractivity contribution in [3.63, 3.8) is 0 Å². The molecule has 1 aliphatic heterocycles. The SMILES string of the molecule is CN(c1ccccc1)C1(N2CCCC2)CCCC1. The fourth-order valence-corrected chi connectivity index (χ4v) is 3.83. The normalized spacial score (nSPS) is 23.4. The standard InChI is InChI=1S/C16H24N2/c1-17(15-9-3-2-4-10-15)16(11-5-6-12-16)18-13-7-8-14-18/h2-4,9-10H,5-8,11-14H2,1H3. The minimum Gasteiger partial charge on any atom is -0.356 e. The number of nitrogens with zero attached hydrogens (tertiary/aromatic N) is 2. The van der Waals surface area contributed by atoms with Gasteiger partial charge in [-0.15, -0.1) is 0 Å². The fourth-order valence-electron chi connectivity index (χ4n) is 3.83. The highest BCUT2D eigenvalue weighted by Crippen LogP contribution is 2.41. The average molecular weight is 244 g/mol. The first-order valence-electron chi connectivity index (χ1n) is 7.37. The van der Waals surface area contributed by atoms with E-state index in [1.54, 1.807) is 0 Å². The second kappa shape index (κ2) is 4.93. The van der Waals surface area contributed by atoms with Gasteiger partial charge in [0, 0.05) is 25.8 Å². The second-order valence-electron chi connectivity index (χ2n) is 5.78. The topological polar surface area (TPSA) is 6.48 Å². The summed E-state index contributed by atoms with van der Waals surface area (Å²) in [7, 11) is 2.29. The van der Waals surface area contributed by atoms with Crippen molar-refractivity contribution in [2.75, 3.05) is 25.0 Å². The van der Waals surface area contributed by atoms with E-state index in [2.05, 4.69) is 47.2 Å².